The highest BCUT2D eigenvalue weighted by Crippen LogP contribution is 2.38. The minimum absolute atomic E-state index is 0.134. The van der Waals surface area contributed by atoms with Crippen LogP contribution in [0.1, 0.15) is 42.4 Å². The molecule has 1 saturated heterocycles. The van der Waals surface area contributed by atoms with E-state index in [1.54, 1.807) is 12.1 Å². The summed E-state index contributed by atoms with van der Waals surface area (Å²) in [7, 11) is 0. The molecule has 1 aliphatic carbocycles. The molecule has 1 aliphatic heterocycles. The summed E-state index contributed by atoms with van der Waals surface area (Å²) in [6.45, 7) is -0.653. The highest BCUT2D eigenvalue weighted by Gasteiger charge is 2.53. The number of aliphatic hydroxyl groups is 6. The zero-order chi connectivity index (χ0) is 24.5. The van der Waals surface area contributed by atoms with Crippen LogP contribution in [0.5, 0.6) is 5.75 Å². The molecule has 2 aromatic carbocycles. The van der Waals surface area contributed by atoms with Gasteiger partial charge in [-0.25, -0.2) is 0 Å². The Morgan fingerprint density at radius 3 is 2.35 bits per heavy atom. The fraction of sp³-hybridized carbons (Fsp3) is 0.520. The van der Waals surface area contributed by atoms with Crippen LogP contribution < -0.4 is 4.74 Å². The quantitative estimate of drug-likeness (QED) is 0.352. The van der Waals surface area contributed by atoms with E-state index in [1.165, 1.54) is 6.07 Å². The van der Waals surface area contributed by atoms with Crippen LogP contribution in [0.4, 0.5) is 0 Å². The van der Waals surface area contributed by atoms with Crippen LogP contribution in [0.25, 0.3) is 0 Å². The van der Waals surface area contributed by atoms with Gasteiger partial charge >= 0.3 is 0 Å². The standard InChI is InChI=1S/C25H31ClO8/c26-18-10-7-16(25(32)24(31)23(30)22(29)21(13-27)34-25)12-15(18)11-14-5-8-17(9-6-14)33-20-4-2-1-3-19(20)28/h5-10,12,19-24,27-32H,1-4,11,13H2/t19-,20-,21-,22-,23+,24-,25+/m1/s1. The summed E-state index contributed by atoms with van der Waals surface area (Å²) in [6.07, 6.45) is -3.03. The maximum absolute atomic E-state index is 11.1. The Bertz CT molecular complexity index is 968. The molecule has 0 unspecified atom stereocenters. The fourth-order valence-corrected chi connectivity index (χ4v) is 4.81. The van der Waals surface area contributed by atoms with Gasteiger partial charge in [-0.05, 0) is 61.1 Å². The van der Waals surface area contributed by atoms with Gasteiger partial charge in [0.2, 0.25) is 5.79 Å². The van der Waals surface area contributed by atoms with E-state index in [-0.39, 0.29) is 11.7 Å². The average molecular weight is 495 g/mol. The van der Waals surface area contributed by atoms with E-state index >= 15 is 0 Å². The monoisotopic (exact) mass is 494 g/mol. The summed E-state index contributed by atoms with van der Waals surface area (Å²) < 4.78 is 11.4. The smallest absolute Gasteiger partial charge is 0.222 e. The van der Waals surface area contributed by atoms with E-state index in [0.717, 1.165) is 31.2 Å². The van der Waals surface area contributed by atoms with E-state index < -0.39 is 42.9 Å². The molecule has 1 heterocycles. The Labute approximate surface area is 203 Å². The molecule has 0 amide bonds. The van der Waals surface area contributed by atoms with Crippen molar-refractivity contribution in [1.82, 2.24) is 0 Å². The van der Waals surface area contributed by atoms with Crippen LogP contribution in [-0.4, -0.2) is 73.9 Å². The highest BCUT2D eigenvalue weighted by molar-refractivity contribution is 6.31. The summed E-state index contributed by atoms with van der Waals surface area (Å²) in [5.74, 6) is -1.67. The van der Waals surface area contributed by atoms with E-state index in [1.807, 2.05) is 24.3 Å². The van der Waals surface area contributed by atoms with Gasteiger partial charge in [0.15, 0.2) is 0 Å². The minimum Gasteiger partial charge on any atom is -0.488 e. The molecule has 2 aliphatic rings. The largest absolute Gasteiger partial charge is 0.488 e. The Hall–Kier alpha value is -1.75. The second kappa shape index (κ2) is 10.5. The summed E-state index contributed by atoms with van der Waals surface area (Å²) >= 11 is 6.38. The maximum atomic E-state index is 11.1. The Morgan fingerprint density at radius 1 is 0.971 bits per heavy atom. The first-order chi connectivity index (χ1) is 16.2. The summed E-state index contributed by atoms with van der Waals surface area (Å²) in [6, 6.07) is 12.0. The van der Waals surface area contributed by atoms with Crippen molar-refractivity contribution in [3.63, 3.8) is 0 Å². The molecule has 6 N–H and O–H groups in total. The van der Waals surface area contributed by atoms with Gasteiger partial charge in [0.1, 0.15) is 36.3 Å². The van der Waals surface area contributed by atoms with Crippen LogP contribution in [0, 0.1) is 0 Å². The Morgan fingerprint density at radius 2 is 1.68 bits per heavy atom. The molecule has 7 atom stereocenters. The number of aliphatic hydroxyl groups excluding tert-OH is 5. The summed E-state index contributed by atoms with van der Waals surface area (Å²) in [5, 5.41) is 61.6. The van der Waals surface area contributed by atoms with Gasteiger partial charge in [0, 0.05) is 10.6 Å². The second-order valence-corrected chi connectivity index (χ2v) is 9.50. The number of benzene rings is 2. The van der Waals surface area contributed by atoms with Crippen molar-refractivity contribution >= 4 is 11.6 Å². The molecule has 186 valence electrons. The van der Waals surface area contributed by atoms with Gasteiger partial charge in [-0.2, -0.15) is 0 Å². The molecular weight excluding hydrogens is 464 g/mol. The van der Waals surface area contributed by atoms with Crippen molar-refractivity contribution in [3.05, 3.63) is 64.2 Å². The van der Waals surface area contributed by atoms with Crippen LogP contribution in [0.15, 0.2) is 42.5 Å². The first-order valence-electron chi connectivity index (χ1n) is 11.5. The Balaban J connectivity index is 1.51. The molecule has 0 aromatic heterocycles. The van der Waals surface area contributed by atoms with E-state index in [2.05, 4.69) is 0 Å². The van der Waals surface area contributed by atoms with Crippen molar-refractivity contribution in [1.29, 1.82) is 0 Å². The molecular formula is C25H31ClO8. The molecule has 9 heteroatoms. The normalized spacial score (nSPS) is 34.1. The Kier molecular flexibility index (Phi) is 7.81. The number of hydrogen-bond donors (Lipinski definition) is 6. The molecule has 0 radical (unpaired) electrons. The number of ether oxygens (including phenoxy) is 2. The minimum atomic E-state index is -2.34. The second-order valence-electron chi connectivity index (χ2n) is 9.10. The van der Waals surface area contributed by atoms with Gasteiger partial charge in [0.25, 0.3) is 0 Å². The molecule has 0 bridgehead atoms. The third-order valence-electron chi connectivity index (χ3n) is 6.70. The zero-order valence-electron chi connectivity index (χ0n) is 18.6. The van der Waals surface area contributed by atoms with E-state index in [4.69, 9.17) is 21.1 Å². The fourth-order valence-electron chi connectivity index (χ4n) is 4.62. The molecule has 1 saturated carbocycles. The molecule has 34 heavy (non-hydrogen) atoms. The summed E-state index contributed by atoms with van der Waals surface area (Å²) in [5.41, 5.74) is 1.69. The SMILES string of the molecule is OC[C@H]1O[C@@](O)(c2ccc(Cl)c(Cc3ccc(O[C@@H]4CCCC[C@H]4O)cc3)c2)[C@H](O)[C@@H](O)[C@@H]1O. The first kappa shape index (κ1) is 25.3. The maximum Gasteiger partial charge on any atom is 0.222 e. The molecule has 2 aromatic rings. The van der Waals surface area contributed by atoms with Crippen molar-refractivity contribution in [2.45, 2.75) is 74.5 Å². The lowest BCUT2D eigenvalue weighted by atomic mass is 9.87. The highest BCUT2D eigenvalue weighted by atomic mass is 35.5. The van der Waals surface area contributed by atoms with Crippen molar-refractivity contribution < 1.29 is 40.1 Å². The zero-order valence-corrected chi connectivity index (χ0v) is 19.4. The number of halogens is 1. The lowest BCUT2D eigenvalue weighted by Crippen LogP contribution is -2.63. The van der Waals surface area contributed by atoms with Gasteiger partial charge in [-0.3, -0.25) is 0 Å². The van der Waals surface area contributed by atoms with Crippen molar-refractivity contribution in [2.24, 2.45) is 0 Å². The van der Waals surface area contributed by atoms with Gasteiger partial charge in [0.05, 0.1) is 12.7 Å². The topological polar surface area (TPSA) is 140 Å². The third kappa shape index (κ3) is 5.10. The van der Waals surface area contributed by atoms with Crippen LogP contribution in [0.3, 0.4) is 0 Å². The van der Waals surface area contributed by atoms with Crippen LogP contribution in [0.2, 0.25) is 5.02 Å². The van der Waals surface area contributed by atoms with E-state index in [0.29, 0.717) is 22.8 Å². The average Bonchev–Trinajstić information content (AvgIpc) is 2.84. The first-order valence-corrected chi connectivity index (χ1v) is 11.9. The van der Waals surface area contributed by atoms with Crippen LogP contribution >= 0.6 is 11.6 Å². The molecule has 4 rings (SSSR count). The summed E-state index contributed by atoms with van der Waals surface area (Å²) in [4.78, 5) is 0. The third-order valence-corrected chi connectivity index (χ3v) is 7.07. The number of hydrogen-bond acceptors (Lipinski definition) is 8. The van der Waals surface area contributed by atoms with Crippen LogP contribution in [-0.2, 0) is 16.9 Å². The molecule has 0 spiro atoms. The van der Waals surface area contributed by atoms with Gasteiger partial charge < -0.3 is 40.1 Å². The predicted octanol–water partition coefficient (Wildman–Crippen LogP) is 1.23. The van der Waals surface area contributed by atoms with Gasteiger partial charge in [-0.15, -0.1) is 0 Å². The lowest BCUT2D eigenvalue weighted by molar-refractivity contribution is -0.357. The molecule has 2 fully saturated rings. The van der Waals surface area contributed by atoms with E-state index in [9.17, 15) is 30.6 Å². The number of rotatable bonds is 6. The lowest BCUT2D eigenvalue weighted by Gasteiger charge is -2.45. The molecule has 8 nitrogen and oxygen atoms in total. The van der Waals surface area contributed by atoms with Crippen molar-refractivity contribution in [2.75, 3.05) is 6.61 Å². The predicted molar refractivity (Wildman–Crippen MR) is 123 cm³/mol. The van der Waals surface area contributed by atoms with Crippen molar-refractivity contribution in [3.8, 4) is 5.75 Å². The van der Waals surface area contributed by atoms with Gasteiger partial charge in [-0.1, -0.05) is 36.2 Å².